The van der Waals surface area contributed by atoms with Crippen LogP contribution in [-0.2, 0) is 3.79 Å². The maximum Gasteiger partial charge on any atom is 0.236 e. The quantitative estimate of drug-likeness (QED) is 0.780. The Balaban J connectivity index is 3.33. The number of rotatable bonds is 2. The van der Waals surface area contributed by atoms with Gasteiger partial charge in [-0.25, -0.2) is 4.98 Å². The summed E-state index contributed by atoms with van der Waals surface area (Å²) in [7, 11) is 2.86. The summed E-state index contributed by atoms with van der Waals surface area (Å²) >= 11 is 22.9. The Kier molecular flexibility index (Phi) is 4.18. The van der Waals surface area contributed by atoms with Crippen LogP contribution in [0.2, 0.25) is 5.02 Å². The van der Waals surface area contributed by atoms with E-state index in [1.165, 1.54) is 20.3 Å². The van der Waals surface area contributed by atoms with Gasteiger partial charge >= 0.3 is 0 Å². The third-order valence-electron chi connectivity index (χ3n) is 1.60. The molecule has 0 radical (unpaired) electrons. The second-order valence-corrected chi connectivity index (χ2v) is 5.19. The van der Waals surface area contributed by atoms with Crippen molar-refractivity contribution in [3.8, 4) is 11.6 Å². The van der Waals surface area contributed by atoms with Crippen LogP contribution in [0.3, 0.4) is 0 Å². The van der Waals surface area contributed by atoms with E-state index in [0.29, 0.717) is 5.75 Å². The molecule has 0 aliphatic heterocycles. The lowest BCUT2D eigenvalue weighted by atomic mass is 10.3. The fourth-order valence-corrected chi connectivity index (χ4v) is 1.45. The molecule has 0 aromatic carbocycles. The maximum atomic E-state index is 5.89. The van der Waals surface area contributed by atoms with E-state index in [9.17, 15) is 0 Å². The smallest absolute Gasteiger partial charge is 0.236 e. The molecule has 0 aliphatic rings. The molecular weight excluding hydrogens is 284 g/mol. The van der Waals surface area contributed by atoms with Crippen LogP contribution >= 0.6 is 46.4 Å². The highest BCUT2D eigenvalue weighted by molar-refractivity contribution is 6.66. The molecule has 0 N–H and O–H groups in total. The lowest BCUT2D eigenvalue weighted by Gasteiger charge is -2.14. The number of alkyl halides is 3. The van der Waals surface area contributed by atoms with E-state index in [4.69, 9.17) is 55.9 Å². The Morgan fingerprint density at radius 1 is 1.20 bits per heavy atom. The van der Waals surface area contributed by atoms with Crippen molar-refractivity contribution in [2.45, 2.75) is 3.79 Å². The zero-order valence-corrected chi connectivity index (χ0v) is 10.9. The largest absolute Gasteiger partial charge is 0.495 e. The first-order chi connectivity index (χ1) is 6.90. The van der Waals surface area contributed by atoms with Gasteiger partial charge in [-0.05, 0) is 0 Å². The minimum Gasteiger partial charge on any atom is -0.495 e. The van der Waals surface area contributed by atoms with Crippen LogP contribution in [0.25, 0.3) is 0 Å². The highest BCUT2D eigenvalue weighted by Crippen LogP contribution is 2.42. The van der Waals surface area contributed by atoms with Gasteiger partial charge in [0.15, 0.2) is 0 Å². The summed E-state index contributed by atoms with van der Waals surface area (Å²) in [5, 5.41) is 0.234. The molecule has 0 saturated carbocycles. The Morgan fingerprint density at radius 3 is 2.20 bits per heavy atom. The van der Waals surface area contributed by atoms with Crippen LogP contribution in [0, 0.1) is 0 Å². The van der Waals surface area contributed by atoms with Gasteiger partial charge in [-0.15, -0.1) is 0 Å². The molecule has 84 valence electrons. The van der Waals surface area contributed by atoms with E-state index in [1.807, 2.05) is 0 Å². The molecule has 7 heteroatoms. The van der Waals surface area contributed by atoms with Crippen molar-refractivity contribution in [2.75, 3.05) is 14.2 Å². The number of aromatic nitrogens is 1. The van der Waals surface area contributed by atoms with E-state index < -0.39 is 3.79 Å². The Bertz CT molecular complexity index is 339. The van der Waals surface area contributed by atoms with Gasteiger partial charge in [-0.3, -0.25) is 0 Å². The lowest BCUT2D eigenvalue weighted by molar-refractivity contribution is 0.381. The summed E-state index contributed by atoms with van der Waals surface area (Å²) in [5.41, 5.74) is 0.186. The average Bonchev–Trinajstić information content (AvgIpc) is 2.16. The third-order valence-corrected chi connectivity index (χ3v) is 2.53. The minimum atomic E-state index is -1.65. The van der Waals surface area contributed by atoms with E-state index in [1.54, 1.807) is 0 Å². The predicted octanol–water partition coefficient (Wildman–Crippen LogP) is 3.58. The van der Waals surface area contributed by atoms with E-state index in [-0.39, 0.29) is 16.6 Å². The summed E-state index contributed by atoms with van der Waals surface area (Å²) in [6, 6.07) is 1.44. The molecule has 0 fully saturated rings. The van der Waals surface area contributed by atoms with Crippen LogP contribution in [0.4, 0.5) is 0 Å². The second kappa shape index (κ2) is 4.83. The Morgan fingerprint density at radius 2 is 1.80 bits per heavy atom. The van der Waals surface area contributed by atoms with Crippen molar-refractivity contribution in [1.29, 1.82) is 0 Å². The molecule has 0 amide bonds. The first kappa shape index (κ1) is 13.0. The fourth-order valence-electron chi connectivity index (χ4n) is 0.913. The van der Waals surface area contributed by atoms with Gasteiger partial charge in [0.25, 0.3) is 0 Å². The van der Waals surface area contributed by atoms with E-state index >= 15 is 0 Å². The molecule has 0 saturated heterocycles. The average molecular weight is 291 g/mol. The highest BCUT2D eigenvalue weighted by Gasteiger charge is 2.27. The number of halogens is 4. The van der Waals surface area contributed by atoms with Gasteiger partial charge in [0, 0.05) is 6.07 Å². The molecule has 3 nitrogen and oxygen atoms in total. The molecule has 0 spiro atoms. The highest BCUT2D eigenvalue weighted by atomic mass is 35.6. The van der Waals surface area contributed by atoms with Crippen molar-refractivity contribution < 1.29 is 9.47 Å². The standard InChI is InChI=1S/C8H7Cl4NO2/c1-14-4-3-5(8(10,11)12)13-7(15-2)6(4)9/h3H,1-2H3. The number of methoxy groups -OCH3 is 2. The summed E-state index contributed by atoms with van der Waals surface area (Å²) in [5.74, 6) is 0.488. The van der Waals surface area contributed by atoms with Gasteiger partial charge < -0.3 is 9.47 Å². The van der Waals surface area contributed by atoms with Gasteiger partial charge in [0.1, 0.15) is 10.8 Å². The van der Waals surface area contributed by atoms with E-state index in [2.05, 4.69) is 4.98 Å². The minimum absolute atomic E-state index is 0.150. The molecule has 0 unspecified atom stereocenters. The molecule has 1 aromatic rings. The second-order valence-electron chi connectivity index (χ2n) is 2.53. The van der Waals surface area contributed by atoms with Crippen molar-refractivity contribution in [3.05, 3.63) is 16.8 Å². The molecular formula is C8H7Cl4NO2. The zero-order valence-electron chi connectivity index (χ0n) is 7.85. The Hall–Kier alpha value is -0.0900. The van der Waals surface area contributed by atoms with Crippen molar-refractivity contribution in [2.24, 2.45) is 0 Å². The predicted molar refractivity (Wildman–Crippen MR) is 61.6 cm³/mol. The van der Waals surface area contributed by atoms with Crippen LogP contribution in [0.5, 0.6) is 11.6 Å². The van der Waals surface area contributed by atoms with Crippen molar-refractivity contribution in [3.63, 3.8) is 0 Å². The number of ether oxygens (including phenoxy) is 2. The molecule has 1 aromatic heterocycles. The first-order valence-electron chi connectivity index (χ1n) is 3.76. The summed E-state index contributed by atoms with van der Waals surface area (Å²) in [4.78, 5) is 3.94. The number of hydrogen-bond acceptors (Lipinski definition) is 3. The molecule has 0 bridgehead atoms. The van der Waals surface area contributed by atoms with Crippen LogP contribution in [0.1, 0.15) is 5.69 Å². The monoisotopic (exact) mass is 289 g/mol. The van der Waals surface area contributed by atoms with E-state index in [0.717, 1.165) is 0 Å². The topological polar surface area (TPSA) is 31.4 Å². The molecule has 1 heterocycles. The van der Waals surface area contributed by atoms with Crippen molar-refractivity contribution in [1.82, 2.24) is 4.98 Å². The lowest BCUT2D eigenvalue weighted by Crippen LogP contribution is -2.06. The first-order valence-corrected chi connectivity index (χ1v) is 5.27. The SMILES string of the molecule is COc1cc(C(Cl)(Cl)Cl)nc(OC)c1Cl. The van der Waals surface area contributed by atoms with Crippen LogP contribution in [0.15, 0.2) is 6.07 Å². The van der Waals surface area contributed by atoms with Gasteiger partial charge in [-0.2, -0.15) is 0 Å². The Labute approximate surface area is 107 Å². The molecule has 0 aliphatic carbocycles. The van der Waals surface area contributed by atoms with Crippen LogP contribution in [-0.4, -0.2) is 19.2 Å². The number of pyridine rings is 1. The fraction of sp³-hybridized carbons (Fsp3) is 0.375. The molecule has 15 heavy (non-hydrogen) atoms. The molecule has 1 rings (SSSR count). The summed E-state index contributed by atoms with van der Waals surface area (Å²) < 4.78 is 8.27. The van der Waals surface area contributed by atoms with Crippen molar-refractivity contribution >= 4 is 46.4 Å². The molecule has 0 atom stereocenters. The number of hydrogen-bond donors (Lipinski definition) is 0. The third kappa shape index (κ3) is 2.94. The summed E-state index contributed by atoms with van der Waals surface area (Å²) in [6.07, 6.45) is 0. The summed E-state index contributed by atoms with van der Waals surface area (Å²) in [6.45, 7) is 0. The van der Waals surface area contributed by atoms with Crippen LogP contribution < -0.4 is 9.47 Å². The van der Waals surface area contributed by atoms with Gasteiger partial charge in [0.2, 0.25) is 9.67 Å². The zero-order chi connectivity index (χ0) is 11.6. The maximum absolute atomic E-state index is 5.89. The van der Waals surface area contributed by atoms with Gasteiger partial charge in [0.05, 0.1) is 19.9 Å². The normalized spacial score (nSPS) is 11.3. The van der Waals surface area contributed by atoms with Gasteiger partial charge in [-0.1, -0.05) is 46.4 Å². The number of nitrogens with zero attached hydrogens (tertiary/aromatic N) is 1.